The van der Waals surface area contributed by atoms with Crippen LogP contribution in [0.3, 0.4) is 0 Å². The smallest absolute Gasteiger partial charge is 0.203 e. The predicted octanol–water partition coefficient (Wildman–Crippen LogP) is 3.39. The molecule has 0 saturated carbocycles. The predicted molar refractivity (Wildman–Crippen MR) is 82.1 cm³/mol. The molecule has 1 heterocycles. The molecule has 1 aromatic carbocycles. The lowest BCUT2D eigenvalue weighted by Crippen LogP contribution is -2.24. The Kier molecular flexibility index (Phi) is 4.96. The normalized spacial score (nSPS) is 14.0. The van der Waals surface area contributed by atoms with Crippen LogP contribution in [-0.4, -0.2) is 29.3 Å². The molecule has 0 amide bonds. The minimum absolute atomic E-state index is 0.000144. The van der Waals surface area contributed by atoms with Crippen molar-refractivity contribution in [2.24, 2.45) is 0 Å². The fourth-order valence-corrected chi connectivity index (χ4v) is 2.28. The van der Waals surface area contributed by atoms with Crippen LogP contribution in [-0.2, 0) is 4.74 Å². The Morgan fingerprint density at radius 2 is 2.14 bits per heavy atom. The number of hydrogen-bond donors (Lipinski definition) is 1. The summed E-state index contributed by atoms with van der Waals surface area (Å²) in [5, 5.41) is 3.30. The molecule has 2 unspecified atom stereocenters. The molecule has 0 bridgehead atoms. The summed E-state index contributed by atoms with van der Waals surface area (Å²) in [4.78, 5) is 4.33. The molecule has 2 rings (SSSR count). The number of aryl methyl sites for hydroxylation is 1. The van der Waals surface area contributed by atoms with Crippen molar-refractivity contribution in [2.75, 3.05) is 19.0 Å². The molecule has 0 fully saturated rings. The number of imidazole rings is 1. The first-order chi connectivity index (χ1) is 10.0. The largest absolute Gasteiger partial charge is 0.383 e. The van der Waals surface area contributed by atoms with Crippen LogP contribution in [0.2, 0.25) is 0 Å². The average molecular weight is 291 g/mol. The number of nitrogens with one attached hydrogen (secondary N) is 1. The molecule has 0 saturated heterocycles. The topological polar surface area (TPSA) is 39.1 Å². The highest BCUT2D eigenvalue weighted by Crippen LogP contribution is 2.23. The van der Waals surface area contributed by atoms with Gasteiger partial charge in [-0.3, -0.25) is 0 Å². The summed E-state index contributed by atoms with van der Waals surface area (Å²) >= 11 is 0. The summed E-state index contributed by atoms with van der Waals surface area (Å²) < 4.78 is 20.8. The van der Waals surface area contributed by atoms with E-state index >= 15 is 0 Å². The zero-order valence-corrected chi connectivity index (χ0v) is 12.9. The molecular formula is C16H22FN3O. The Morgan fingerprint density at radius 3 is 2.81 bits per heavy atom. The first-order valence-corrected chi connectivity index (χ1v) is 7.07. The molecule has 114 valence electrons. The molecule has 2 atom stereocenters. The van der Waals surface area contributed by atoms with Gasteiger partial charge in [0.2, 0.25) is 5.95 Å². The number of ether oxygens (including phenoxy) is 1. The second kappa shape index (κ2) is 6.72. The van der Waals surface area contributed by atoms with Crippen molar-refractivity contribution in [1.29, 1.82) is 0 Å². The zero-order chi connectivity index (χ0) is 15.4. The fraction of sp³-hybridized carbons (Fsp3) is 0.438. The van der Waals surface area contributed by atoms with Crippen LogP contribution in [0.15, 0.2) is 30.6 Å². The van der Waals surface area contributed by atoms with Gasteiger partial charge in [-0.05, 0) is 38.0 Å². The maximum absolute atomic E-state index is 13.7. The summed E-state index contributed by atoms with van der Waals surface area (Å²) in [5.41, 5.74) is 1.57. The Hall–Kier alpha value is -1.88. The van der Waals surface area contributed by atoms with Crippen LogP contribution in [0, 0.1) is 12.7 Å². The van der Waals surface area contributed by atoms with E-state index in [1.807, 2.05) is 30.7 Å². The van der Waals surface area contributed by atoms with Crippen molar-refractivity contribution in [3.8, 4) is 0 Å². The lowest BCUT2D eigenvalue weighted by molar-refractivity contribution is 0.190. The van der Waals surface area contributed by atoms with Crippen LogP contribution >= 0.6 is 0 Å². The van der Waals surface area contributed by atoms with E-state index in [0.717, 1.165) is 11.5 Å². The Morgan fingerprint density at radius 1 is 1.38 bits per heavy atom. The third-order valence-corrected chi connectivity index (χ3v) is 3.56. The lowest BCUT2D eigenvalue weighted by atomic mass is 10.1. The molecule has 1 aromatic heterocycles. The van der Waals surface area contributed by atoms with Gasteiger partial charge in [-0.1, -0.05) is 12.1 Å². The van der Waals surface area contributed by atoms with Crippen LogP contribution in [0.5, 0.6) is 0 Å². The summed E-state index contributed by atoms with van der Waals surface area (Å²) in [6.45, 7) is 6.41. The molecule has 5 heteroatoms. The van der Waals surface area contributed by atoms with Crippen molar-refractivity contribution in [1.82, 2.24) is 9.55 Å². The van der Waals surface area contributed by atoms with Crippen LogP contribution in [0.4, 0.5) is 10.3 Å². The van der Waals surface area contributed by atoms with E-state index in [0.29, 0.717) is 12.2 Å². The number of benzene rings is 1. The molecule has 4 nitrogen and oxygen atoms in total. The van der Waals surface area contributed by atoms with Crippen molar-refractivity contribution in [2.45, 2.75) is 32.9 Å². The van der Waals surface area contributed by atoms with Crippen LogP contribution in [0.1, 0.15) is 31.0 Å². The van der Waals surface area contributed by atoms with Crippen molar-refractivity contribution >= 4 is 5.95 Å². The summed E-state index contributed by atoms with van der Waals surface area (Å²) in [6.07, 6.45) is 3.63. The quantitative estimate of drug-likeness (QED) is 0.886. The fourth-order valence-electron chi connectivity index (χ4n) is 2.28. The van der Waals surface area contributed by atoms with E-state index in [1.54, 1.807) is 32.4 Å². The second-order valence-electron chi connectivity index (χ2n) is 5.34. The number of halogens is 1. The van der Waals surface area contributed by atoms with Gasteiger partial charge in [0.05, 0.1) is 12.6 Å². The van der Waals surface area contributed by atoms with E-state index in [-0.39, 0.29) is 17.9 Å². The van der Waals surface area contributed by atoms with Crippen molar-refractivity contribution in [3.05, 3.63) is 47.5 Å². The molecule has 0 aliphatic carbocycles. The minimum atomic E-state index is -0.179. The standard InChI is InChI=1S/C16H22FN3O/c1-11-5-6-14(9-15(11)17)13(3)20-8-7-18-16(20)19-12(2)10-21-4/h5-9,12-13H,10H2,1-4H3,(H,18,19). The number of methoxy groups -OCH3 is 1. The summed E-state index contributed by atoms with van der Waals surface area (Å²) in [6, 6.07) is 5.49. The molecule has 1 N–H and O–H groups in total. The minimum Gasteiger partial charge on any atom is -0.383 e. The molecule has 0 radical (unpaired) electrons. The number of hydrogen-bond acceptors (Lipinski definition) is 3. The van der Waals surface area contributed by atoms with Crippen molar-refractivity contribution in [3.63, 3.8) is 0 Å². The molecular weight excluding hydrogens is 269 g/mol. The van der Waals surface area contributed by atoms with Crippen LogP contribution < -0.4 is 5.32 Å². The third kappa shape index (κ3) is 3.61. The Labute approximate surface area is 125 Å². The van der Waals surface area contributed by atoms with Gasteiger partial charge in [-0.2, -0.15) is 0 Å². The van der Waals surface area contributed by atoms with Gasteiger partial charge in [-0.15, -0.1) is 0 Å². The first kappa shape index (κ1) is 15.5. The highest BCUT2D eigenvalue weighted by molar-refractivity contribution is 5.33. The van der Waals surface area contributed by atoms with Gasteiger partial charge in [-0.25, -0.2) is 9.37 Å². The maximum atomic E-state index is 13.7. The van der Waals surface area contributed by atoms with Crippen molar-refractivity contribution < 1.29 is 9.13 Å². The monoisotopic (exact) mass is 291 g/mol. The van der Waals surface area contributed by atoms with Gasteiger partial charge in [0.15, 0.2) is 0 Å². The van der Waals surface area contributed by atoms with E-state index in [9.17, 15) is 4.39 Å². The Balaban J connectivity index is 2.21. The number of aromatic nitrogens is 2. The van der Waals surface area contributed by atoms with Gasteiger partial charge in [0.1, 0.15) is 5.82 Å². The van der Waals surface area contributed by atoms with Gasteiger partial charge in [0.25, 0.3) is 0 Å². The summed E-state index contributed by atoms with van der Waals surface area (Å²) in [7, 11) is 1.67. The van der Waals surface area contributed by atoms with E-state index in [4.69, 9.17) is 4.74 Å². The van der Waals surface area contributed by atoms with E-state index < -0.39 is 0 Å². The number of anilines is 1. The summed E-state index contributed by atoms with van der Waals surface area (Å²) in [5.74, 6) is 0.578. The SMILES string of the molecule is COCC(C)Nc1nccn1C(C)c1ccc(C)c(F)c1. The van der Waals surface area contributed by atoms with E-state index in [1.165, 1.54) is 0 Å². The maximum Gasteiger partial charge on any atom is 0.203 e. The van der Waals surface area contributed by atoms with Gasteiger partial charge < -0.3 is 14.6 Å². The highest BCUT2D eigenvalue weighted by atomic mass is 19.1. The molecule has 0 aliphatic rings. The highest BCUT2D eigenvalue weighted by Gasteiger charge is 2.14. The third-order valence-electron chi connectivity index (χ3n) is 3.56. The van der Waals surface area contributed by atoms with E-state index in [2.05, 4.69) is 10.3 Å². The lowest BCUT2D eigenvalue weighted by Gasteiger charge is -2.20. The number of nitrogens with zero attached hydrogens (tertiary/aromatic N) is 2. The first-order valence-electron chi connectivity index (χ1n) is 7.07. The zero-order valence-electron chi connectivity index (χ0n) is 12.9. The molecule has 0 spiro atoms. The molecule has 21 heavy (non-hydrogen) atoms. The Bertz CT molecular complexity index is 597. The second-order valence-corrected chi connectivity index (χ2v) is 5.34. The van der Waals surface area contributed by atoms with Gasteiger partial charge >= 0.3 is 0 Å². The average Bonchev–Trinajstić information content (AvgIpc) is 2.89. The van der Waals surface area contributed by atoms with Crippen LogP contribution in [0.25, 0.3) is 0 Å². The molecule has 0 aliphatic heterocycles. The number of rotatable bonds is 6. The van der Waals surface area contributed by atoms with Gasteiger partial charge in [0, 0.05) is 25.5 Å². The molecule has 2 aromatic rings.